The van der Waals surface area contributed by atoms with Crippen molar-refractivity contribution < 1.29 is 9.84 Å². The highest BCUT2D eigenvalue weighted by atomic mass is 16.5. The Labute approximate surface area is 72.8 Å². The Morgan fingerprint density at radius 1 is 1.42 bits per heavy atom. The van der Waals surface area contributed by atoms with Gasteiger partial charge in [-0.25, -0.2) is 0 Å². The monoisotopic (exact) mass is 165 g/mol. The molecule has 0 saturated carbocycles. The molecule has 0 heterocycles. The Morgan fingerprint density at radius 3 is 2.50 bits per heavy atom. The fourth-order valence-electron chi connectivity index (χ4n) is 0.827. The summed E-state index contributed by atoms with van der Waals surface area (Å²) in [5.74, 6) is 0.767. The molecule has 2 heteroatoms. The van der Waals surface area contributed by atoms with Gasteiger partial charge in [0.25, 0.3) is 0 Å². The van der Waals surface area contributed by atoms with Gasteiger partial charge in [0, 0.05) is 0 Å². The number of benzene rings is 1. The first-order valence-electron chi connectivity index (χ1n) is 3.89. The predicted molar refractivity (Wildman–Crippen MR) is 48.0 cm³/mol. The molecule has 1 rings (SSSR count). The van der Waals surface area contributed by atoms with Gasteiger partial charge in [-0.05, 0) is 26.0 Å². The lowest BCUT2D eigenvalue weighted by Gasteiger charge is -2.07. The van der Waals surface area contributed by atoms with E-state index in [2.05, 4.69) is 6.92 Å². The summed E-state index contributed by atoms with van der Waals surface area (Å²) in [6.45, 7) is 5.65. The van der Waals surface area contributed by atoms with Crippen LogP contribution in [0.2, 0.25) is 0 Å². The van der Waals surface area contributed by atoms with Crippen molar-refractivity contribution >= 4 is 0 Å². The van der Waals surface area contributed by atoms with Crippen LogP contribution in [0.4, 0.5) is 0 Å². The van der Waals surface area contributed by atoms with Crippen LogP contribution >= 0.6 is 0 Å². The SMILES string of the molecule is [CH2]C(O)COc1ccc(C)cc1. The molecule has 12 heavy (non-hydrogen) atoms. The number of aliphatic hydroxyl groups excluding tert-OH is 1. The average molecular weight is 165 g/mol. The van der Waals surface area contributed by atoms with Gasteiger partial charge in [0.1, 0.15) is 12.4 Å². The third-order valence-corrected chi connectivity index (χ3v) is 1.46. The first kappa shape index (κ1) is 9.07. The molecule has 1 aromatic rings. The maximum atomic E-state index is 8.83. The van der Waals surface area contributed by atoms with E-state index in [0.717, 1.165) is 5.75 Å². The maximum absolute atomic E-state index is 8.83. The largest absolute Gasteiger partial charge is 0.491 e. The Bertz CT molecular complexity index is 226. The Morgan fingerprint density at radius 2 is 2.00 bits per heavy atom. The van der Waals surface area contributed by atoms with Crippen LogP contribution < -0.4 is 4.74 Å². The smallest absolute Gasteiger partial charge is 0.119 e. The third-order valence-electron chi connectivity index (χ3n) is 1.46. The second kappa shape index (κ2) is 4.12. The molecule has 0 amide bonds. The van der Waals surface area contributed by atoms with E-state index in [9.17, 15) is 0 Å². The molecule has 1 unspecified atom stereocenters. The van der Waals surface area contributed by atoms with Crippen LogP contribution in [-0.2, 0) is 0 Å². The highest BCUT2D eigenvalue weighted by Gasteiger charge is 1.96. The van der Waals surface area contributed by atoms with Crippen molar-refractivity contribution in [1.82, 2.24) is 0 Å². The first-order chi connectivity index (χ1) is 5.68. The fraction of sp³-hybridized carbons (Fsp3) is 0.300. The molecule has 0 saturated heterocycles. The zero-order valence-corrected chi connectivity index (χ0v) is 7.16. The predicted octanol–water partition coefficient (Wildman–Crippen LogP) is 1.57. The standard InChI is InChI=1S/C10H13O2/c1-8-3-5-10(6-4-8)12-7-9(2)11/h3-6,9,11H,2,7H2,1H3. The normalized spacial score (nSPS) is 12.6. The molecule has 0 spiro atoms. The number of rotatable bonds is 3. The Hall–Kier alpha value is -1.02. The molecular formula is C10H13O2. The summed E-state index contributed by atoms with van der Waals surface area (Å²) in [5, 5.41) is 8.83. The van der Waals surface area contributed by atoms with Gasteiger partial charge in [-0.2, -0.15) is 0 Å². The molecule has 0 aromatic heterocycles. The molecule has 0 aliphatic heterocycles. The highest BCUT2D eigenvalue weighted by molar-refractivity contribution is 5.26. The molecule has 0 fully saturated rings. The minimum atomic E-state index is -0.661. The van der Waals surface area contributed by atoms with Crippen molar-refractivity contribution in [1.29, 1.82) is 0 Å². The topological polar surface area (TPSA) is 29.5 Å². The van der Waals surface area contributed by atoms with Crippen molar-refractivity contribution in [3.05, 3.63) is 36.8 Å². The molecular weight excluding hydrogens is 152 g/mol. The minimum absolute atomic E-state index is 0.239. The maximum Gasteiger partial charge on any atom is 0.119 e. The van der Waals surface area contributed by atoms with Crippen LogP contribution in [0.15, 0.2) is 24.3 Å². The van der Waals surface area contributed by atoms with Gasteiger partial charge in [-0.3, -0.25) is 0 Å². The second-order valence-corrected chi connectivity index (χ2v) is 2.78. The van der Waals surface area contributed by atoms with E-state index in [4.69, 9.17) is 9.84 Å². The van der Waals surface area contributed by atoms with Crippen LogP contribution in [0, 0.1) is 13.8 Å². The zero-order chi connectivity index (χ0) is 8.97. The summed E-state index contributed by atoms with van der Waals surface area (Å²) in [4.78, 5) is 0. The van der Waals surface area contributed by atoms with Gasteiger partial charge in [0.05, 0.1) is 6.10 Å². The van der Waals surface area contributed by atoms with Crippen LogP contribution in [0.5, 0.6) is 5.75 Å². The van der Waals surface area contributed by atoms with Crippen molar-refractivity contribution in [3.8, 4) is 5.75 Å². The van der Waals surface area contributed by atoms with E-state index >= 15 is 0 Å². The zero-order valence-electron chi connectivity index (χ0n) is 7.16. The van der Waals surface area contributed by atoms with E-state index in [1.807, 2.05) is 31.2 Å². The molecule has 1 atom stereocenters. The van der Waals surface area contributed by atoms with E-state index in [1.165, 1.54) is 5.56 Å². The molecule has 0 aliphatic carbocycles. The van der Waals surface area contributed by atoms with Gasteiger partial charge in [-0.1, -0.05) is 17.7 Å². The van der Waals surface area contributed by atoms with E-state index < -0.39 is 6.10 Å². The van der Waals surface area contributed by atoms with Gasteiger partial charge in [0.2, 0.25) is 0 Å². The van der Waals surface area contributed by atoms with Crippen molar-refractivity contribution in [2.45, 2.75) is 13.0 Å². The van der Waals surface area contributed by atoms with Crippen molar-refractivity contribution in [3.63, 3.8) is 0 Å². The summed E-state index contributed by atoms with van der Waals surface area (Å²) in [7, 11) is 0. The number of aryl methyl sites for hydroxylation is 1. The molecule has 1 radical (unpaired) electrons. The van der Waals surface area contributed by atoms with Crippen LogP contribution in [0.3, 0.4) is 0 Å². The summed E-state index contributed by atoms with van der Waals surface area (Å²) in [6.07, 6.45) is -0.661. The highest BCUT2D eigenvalue weighted by Crippen LogP contribution is 2.11. The van der Waals surface area contributed by atoms with Crippen LogP contribution in [0.1, 0.15) is 5.56 Å². The average Bonchev–Trinajstić information content (AvgIpc) is 2.03. The molecule has 1 aromatic carbocycles. The van der Waals surface area contributed by atoms with Gasteiger partial charge in [-0.15, -0.1) is 0 Å². The second-order valence-electron chi connectivity index (χ2n) is 2.78. The molecule has 65 valence electrons. The molecule has 0 bridgehead atoms. The van der Waals surface area contributed by atoms with Gasteiger partial charge < -0.3 is 9.84 Å². The summed E-state index contributed by atoms with van der Waals surface area (Å²) >= 11 is 0. The molecule has 2 nitrogen and oxygen atoms in total. The summed E-state index contributed by atoms with van der Waals surface area (Å²) in [6, 6.07) is 7.67. The lowest BCUT2D eigenvalue weighted by Crippen LogP contribution is -2.12. The minimum Gasteiger partial charge on any atom is -0.491 e. The number of aliphatic hydroxyl groups is 1. The van der Waals surface area contributed by atoms with Crippen molar-refractivity contribution in [2.24, 2.45) is 0 Å². The number of hydrogen-bond acceptors (Lipinski definition) is 2. The van der Waals surface area contributed by atoms with Gasteiger partial charge in [0.15, 0.2) is 0 Å². The van der Waals surface area contributed by atoms with Crippen LogP contribution in [-0.4, -0.2) is 17.8 Å². The summed E-state index contributed by atoms with van der Waals surface area (Å²) < 4.78 is 5.21. The Kier molecular flexibility index (Phi) is 3.11. The molecule has 0 aliphatic rings. The fourth-order valence-corrected chi connectivity index (χ4v) is 0.827. The van der Waals surface area contributed by atoms with Crippen LogP contribution in [0.25, 0.3) is 0 Å². The van der Waals surface area contributed by atoms with Gasteiger partial charge >= 0.3 is 0 Å². The third kappa shape index (κ3) is 2.93. The lowest BCUT2D eigenvalue weighted by molar-refractivity contribution is 0.142. The first-order valence-corrected chi connectivity index (χ1v) is 3.89. The quantitative estimate of drug-likeness (QED) is 0.736. The number of hydrogen-bond donors (Lipinski definition) is 1. The van der Waals surface area contributed by atoms with E-state index in [1.54, 1.807) is 0 Å². The lowest BCUT2D eigenvalue weighted by atomic mass is 10.2. The summed E-state index contributed by atoms with van der Waals surface area (Å²) in [5.41, 5.74) is 1.19. The van der Waals surface area contributed by atoms with Crippen molar-refractivity contribution in [2.75, 3.05) is 6.61 Å². The Balaban J connectivity index is 2.48. The van der Waals surface area contributed by atoms with E-state index in [0.29, 0.717) is 0 Å². The van der Waals surface area contributed by atoms with E-state index in [-0.39, 0.29) is 6.61 Å². The number of ether oxygens (including phenoxy) is 1. The molecule has 1 N–H and O–H groups in total.